The van der Waals surface area contributed by atoms with Gasteiger partial charge in [0.15, 0.2) is 5.12 Å². The Labute approximate surface area is 364 Å². The molecular weight excluding hydrogens is 739 g/mol. The molecule has 0 aliphatic heterocycles. The molecule has 0 spiro atoms. The number of carbonyl (C=O) groups excluding carboxylic acids is 4. The molecule has 0 radical (unpaired) electrons. The zero-order valence-corrected chi connectivity index (χ0v) is 39.7. The van der Waals surface area contributed by atoms with Crippen molar-refractivity contribution in [1.82, 2.24) is 5.32 Å². The summed E-state index contributed by atoms with van der Waals surface area (Å²) in [5, 5.41) is 2.85. The maximum absolute atomic E-state index is 13.1. The summed E-state index contributed by atoms with van der Waals surface area (Å²) in [5.74, 6) is -1.38. The summed E-state index contributed by atoms with van der Waals surface area (Å²) >= 11 is 1.09. The minimum absolute atomic E-state index is 0.0323. The Morgan fingerprint density at radius 3 is 0.983 bits per heavy atom. The van der Waals surface area contributed by atoms with Crippen molar-refractivity contribution in [3.8, 4) is 0 Å². The monoisotopic (exact) mass is 836 g/mol. The van der Waals surface area contributed by atoms with Crippen LogP contribution in [0.3, 0.4) is 0 Å². The number of hydrogen-bond acceptors (Lipinski definition) is 6. The molecule has 1 atom stereocenters. The van der Waals surface area contributed by atoms with E-state index in [4.69, 9.17) is 4.74 Å². The Hall–Kier alpha value is -1.37. The van der Waals surface area contributed by atoms with Crippen LogP contribution in [0.15, 0.2) is 0 Å². The first kappa shape index (κ1) is 56.6. The number of rotatable bonds is 46. The first-order chi connectivity index (χ1) is 28.4. The molecule has 0 aromatic carbocycles. The highest BCUT2D eigenvalue weighted by Gasteiger charge is 2.26. The van der Waals surface area contributed by atoms with Gasteiger partial charge in [-0.2, -0.15) is 0 Å². The number of hydrogen-bond donors (Lipinski definition) is 1. The van der Waals surface area contributed by atoms with E-state index >= 15 is 0 Å². The molecular formula is C51H97NO5S. The van der Waals surface area contributed by atoms with Crippen LogP contribution >= 0.6 is 11.8 Å². The van der Waals surface area contributed by atoms with Gasteiger partial charge in [-0.05, 0) is 19.3 Å². The minimum atomic E-state index is -0.995. The lowest BCUT2D eigenvalue weighted by atomic mass is 10.0. The molecule has 342 valence electrons. The fourth-order valence-corrected chi connectivity index (χ4v) is 8.66. The molecule has 0 aromatic rings. The van der Waals surface area contributed by atoms with Crippen LogP contribution in [-0.2, 0) is 23.9 Å². The molecule has 7 heteroatoms. The Morgan fingerprint density at radius 1 is 0.379 bits per heavy atom. The molecule has 0 heterocycles. The van der Waals surface area contributed by atoms with Gasteiger partial charge in [0.05, 0.1) is 0 Å². The molecule has 0 aliphatic carbocycles. The molecule has 0 fully saturated rings. The van der Waals surface area contributed by atoms with Crippen molar-refractivity contribution >= 4 is 34.7 Å². The lowest BCUT2D eigenvalue weighted by molar-refractivity contribution is -0.161. The van der Waals surface area contributed by atoms with Gasteiger partial charge in [-0.15, -0.1) is 0 Å². The molecule has 6 nitrogen and oxygen atoms in total. The van der Waals surface area contributed by atoms with Crippen LogP contribution in [0.4, 0.5) is 0 Å². The van der Waals surface area contributed by atoms with Crippen LogP contribution < -0.4 is 5.32 Å². The Bertz CT molecular complexity index is 927. The smallest absolute Gasteiger partial charge is 0.337 e. The predicted molar refractivity (Wildman–Crippen MR) is 251 cm³/mol. The van der Waals surface area contributed by atoms with Crippen LogP contribution in [-0.4, -0.2) is 34.8 Å². The topological polar surface area (TPSA) is 89.5 Å². The van der Waals surface area contributed by atoms with Crippen molar-refractivity contribution in [3.63, 3.8) is 0 Å². The van der Waals surface area contributed by atoms with E-state index in [1.165, 1.54) is 193 Å². The SMILES string of the molecule is CCCCCCCCCCCCCCCC(=O)NC(CSC(=O)CCCCCCCCCCCCCCC)C(=O)OC(=O)CCCCCCCCCCCCCCC. The minimum Gasteiger partial charge on any atom is -0.392 e. The molecule has 0 aliphatic rings. The summed E-state index contributed by atoms with van der Waals surface area (Å²) in [6.07, 6.45) is 49.3. The number of esters is 2. The molecule has 0 saturated heterocycles. The zero-order chi connectivity index (χ0) is 42.4. The first-order valence-electron chi connectivity index (χ1n) is 25.6. The number of nitrogens with one attached hydrogen (secondary N) is 1. The summed E-state index contributed by atoms with van der Waals surface area (Å²) in [6.45, 7) is 6.78. The van der Waals surface area contributed by atoms with E-state index in [-0.39, 0.29) is 23.2 Å². The third-order valence-electron chi connectivity index (χ3n) is 11.7. The predicted octanol–water partition coefficient (Wildman–Crippen LogP) is 16.2. The lowest BCUT2D eigenvalue weighted by Gasteiger charge is -2.16. The summed E-state index contributed by atoms with van der Waals surface area (Å²) in [6, 6.07) is -0.995. The van der Waals surface area contributed by atoms with Gasteiger partial charge in [0, 0.05) is 25.0 Å². The van der Waals surface area contributed by atoms with Gasteiger partial charge in [-0.1, -0.05) is 264 Å². The summed E-state index contributed by atoms with van der Waals surface area (Å²) in [7, 11) is 0. The molecule has 1 unspecified atom stereocenters. The van der Waals surface area contributed by atoms with Gasteiger partial charge in [-0.3, -0.25) is 14.4 Å². The quantitative estimate of drug-likeness (QED) is 0.0373. The average molecular weight is 836 g/mol. The molecule has 0 saturated carbocycles. The summed E-state index contributed by atoms with van der Waals surface area (Å²) in [5.41, 5.74) is 0. The highest BCUT2D eigenvalue weighted by molar-refractivity contribution is 8.13. The van der Waals surface area contributed by atoms with Crippen molar-refractivity contribution < 1.29 is 23.9 Å². The summed E-state index contributed by atoms with van der Waals surface area (Å²) in [4.78, 5) is 51.4. The second-order valence-corrected chi connectivity index (χ2v) is 18.7. The molecule has 0 aromatic heterocycles. The second-order valence-electron chi connectivity index (χ2n) is 17.6. The van der Waals surface area contributed by atoms with E-state index in [2.05, 4.69) is 26.1 Å². The maximum Gasteiger partial charge on any atom is 0.337 e. The summed E-state index contributed by atoms with van der Waals surface area (Å²) < 4.78 is 5.24. The van der Waals surface area contributed by atoms with Crippen molar-refractivity contribution in [2.24, 2.45) is 0 Å². The first-order valence-corrected chi connectivity index (χ1v) is 26.6. The van der Waals surface area contributed by atoms with E-state index in [1.54, 1.807) is 0 Å². The van der Waals surface area contributed by atoms with Crippen LogP contribution in [0.2, 0.25) is 0 Å². The van der Waals surface area contributed by atoms with Crippen molar-refractivity contribution in [2.45, 2.75) is 296 Å². The Balaban J connectivity index is 4.45. The van der Waals surface area contributed by atoms with Crippen molar-refractivity contribution in [2.75, 3.05) is 5.75 Å². The third-order valence-corrected chi connectivity index (χ3v) is 12.7. The lowest BCUT2D eigenvalue weighted by Crippen LogP contribution is -2.44. The number of unbranched alkanes of at least 4 members (excludes halogenated alkanes) is 36. The highest BCUT2D eigenvalue weighted by atomic mass is 32.2. The van der Waals surface area contributed by atoms with Gasteiger partial charge in [0.2, 0.25) is 5.91 Å². The van der Waals surface area contributed by atoms with Gasteiger partial charge in [-0.25, -0.2) is 4.79 Å². The fraction of sp³-hybridized carbons (Fsp3) is 0.922. The fourth-order valence-electron chi connectivity index (χ4n) is 7.80. The second kappa shape index (κ2) is 46.7. The van der Waals surface area contributed by atoms with Crippen LogP contribution in [0.25, 0.3) is 0 Å². The number of ether oxygens (including phenoxy) is 1. The van der Waals surface area contributed by atoms with Crippen molar-refractivity contribution in [3.05, 3.63) is 0 Å². The van der Waals surface area contributed by atoms with Crippen molar-refractivity contribution in [1.29, 1.82) is 0 Å². The van der Waals surface area contributed by atoms with Gasteiger partial charge in [0.25, 0.3) is 0 Å². The van der Waals surface area contributed by atoms with E-state index in [0.29, 0.717) is 19.3 Å². The van der Waals surface area contributed by atoms with E-state index < -0.39 is 18.0 Å². The van der Waals surface area contributed by atoms with Crippen LogP contribution in [0.1, 0.15) is 290 Å². The van der Waals surface area contributed by atoms with Crippen LogP contribution in [0.5, 0.6) is 0 Å². The Morgan fingerprint density at radius 2 is 0.655 bits per heavy atom. The van der Waals surface area contributed by atoms with Gasteiger partial charge in [0.1, 0.15) is 6.04 Å². The van der Waals surface area contributed by atoms with Crippen LogP contribution in [0, 0.1) is 0 Å². The van der Waals surface area contributed by atoms with Gasteiger partial charge < -0.3 is 10.1 Å². The average Bonchev–Trinajstić information content (AvgIpc) is 3.21. The molecule has 0 bridgehead atoms. The standard InChI is InChI=1S/C51H97NO5S/c1-4-7-10-13-16-19-22-25-28-31-34-37-40-43-48(53)52-47(46-58-50(55)45-42-39-36-33-30-27-24-21-18-15-12-9-6-3)51(56)57-49(54)44-41-38-35-32-29-26-23-20-17-14-11-8-5-2/h47H,4-46H2,1-3H3,(H,52,53). The number of amides is 1. The molecule has 1 amide bonds. The largest absolute Gasteiger partial charge is 0.392 e. The zero-order valence-electron chi connectivity index (χ0n) is 38.9. The van der Waals surface area contributed by atoms with E-state index in [9.17, 15) is 19.2 Å². The van der Waals surface area contributed by atoms with Gasteiger partial charge >= 0.3 is 11.9 Å². The number of thioether (sulfide) groups is 1. The highest BCUT2D eigenvalue weighted by Crippen LogP contribution is 2.18. The Kier molecular flexibility index (Phi) is 45.6. The van der Waals surface area contributed by atoms with E-state index in [0.717, 1.165) is 63.1 Å². The molecule has 58 heavy (non-hydrogen) atoms. The maximum atomic E-state index is 13.1. The normalized spacial score (nSPS) is 11.8. The third kappa shape index (κ3) is 42.7. The molecule has 0 rings (SSSR count). The molecule has 1 N–H and O–H groups in total. The van der Waals surface area contributed by atoms with E-state index in [1.807, 2.05) is 0 Å². The number of carbonyl (C=O) groups is 4.